The third-order valence-electron chi connectivity index (χ3n) is 4.62. The van der Waals surface area contributed by atoms with E-state index in [9.17, 15) is 0 Å². The van der Waals surface area contributed by atoms with Crippen molar-refractivity contribution in [1.82, 2.24) is 19.5 Å². The Morgan fingerprint density at radius 1 is 1.35 bits per heavy atom. The predicted octanol–water partition coefficient (Wildman–Crippen LogP) is 2.32. The van der Waals surface area contributed by atoms with E-state index in [1.807, 2.05) is 16.8 Å². The number of hydrogen-bond acceptors (Lipinski definition) is 4. The molecule has 1 saturated carbocycles. The maximum absolute atomic E-state index is 4.59. The lowest BCUT2D eigenvalue weighted by atomic mass is 9.96. The molecular formula is C15H23N5. The van der Waals surface area contributed by atoms with Crippen molar-refractivity contribution in [2.75, 3.05) is 26.0 Å². The van der Waals surface area contributed by atoms with Gasteiger partial charge in [-0.3, -0.25) is 0 Å². The summed E-state index contributed by atoms with van der Waals surface area (Å²) in [6.45, 7) is 2.97. The lowest BCUT2D eigenvalue weighted by Gasteiger charge is -2.36. The first kappa shape index (κ1) is 13.4. The summed E-state index contributed by atoms with van der Waals surface area (Å²) in [7, 11) is 4.35. The molecular weight excluding hydrogens is 250 g/mol. The van der Waals surface area contributed by atoms with Gasteiger partial charge in [0.25, 0.3) is 0 Å². The van der Waals surface area contributed by atoms with Gasteiger partial charge in [-0.25, -0.2) is 4.52 Å². The standard InChI is InChI=1S/C15H23N5/c1-12-7-6-10-20-13(12)17-14(18-20)16-11-15(19(2)3)8-4-5-9-15/h6-7,10H,4-5,8-9,11H2,1-3H3,(H,16,18). The summed E-state index contributed by atoms with van der Waals surface area (Å²) >= 11 is 0. The van der Waals surface area contributed by atoms with E-state index >= 15 is 0 Å². The van der Waals surface area contributed by atoms with Crippen LogP contribution in [0.25, 0.3) is 5.65 Å². The number of fused-ring (bicyclic) bond motifs is 1. The smallest absolute Gasteiger partial charge is 0.243 e. The van der Waals surface area contributed by atoms with Crippen LogP contribution in [0.2, 0.25) is 0 Å². The number of aryl methyl sites for hydroxylation is 1. The lowest BCUT2D eigenvalue weighted by Crippen LogP contribution is -2.47. The third-order valence-corrected chi connectivity index (χ3v) is 4.62. The zero-order valence-electron chi connectivity index (χ0n) is 12.6. The van der Waals surface area contributed by atoms with Gasteiger partial charge < -0.3 is 10.2 Å². The molecule has 0 unspecified atom stereocenters. The van der Waals surface area contributed by atoms with E-state index in [0.29, 0.717) is 0 Å². The minimum Gasteiger partial charge on any atom is -0.351 e. The van der Waals surface area contributed by atoms with Crippen LogP contribution in [0.1, 0.15) is 31.2 Å². The van der Waals surface area contributed by atoms with Crippen molar-refractivity contribution in [1.29, 1.82) is 0 Å². The van der Waals surface area contributed by atoms with E-state index in [4.69, 9.17) is 0 Å². The average Bonchev–Trinajstić information content (AvgIpc) is 3.04. The molecule has 3 rings (SSSR count). The summed E-state index contributed by atoms with van der Waals surface area (Å²) < 4.78 is 1.84. The molecule has 2 heterocycles. The van der Waals surface area contributed by atoms with E-state index in [1.165, 1.54) is 25.7 Å². The molecule has 2 aromatic rings. The molecule has 0 aromatic carbocycles. The largest absolute Gasteiger partial charge is 0.351 e. The Hall–Kier alpha value is -1.62. The number of nitrogens with zero attached hydrogens (tertiary/aromatic N) is 4. The molecule has 0 amide bonds. The Morgan fingerprint density at radius 3 is 2.75 bits per heavy atom. The van der Waals surface area contributed by atoms with Crippen molar-refractivity contribution in [3.8, 4) is 0 Å². The zero-order valence-corrected chi connectivity index (χ0v) is 12.6. The average molecular weight is 273 g/mol. The van der Waals surface area contributed by atoms with E-state index in [0.717, 1.165) is 23.7 Å². The van der Waals surface area contributed by atoms with Gasteiger partial charge in [0.1, 0.15) is 0 Å². The summed E-state index contributed by atoms with van der Waals surface area (Å²) in [6, 6.07) is 4.06. The van der Waals surface area contributed by atoms with Crippen LogP contribution in [-0.4, -0.2) is 45.7 Å². The van der Waals surface area contributed by atoms with Gasteiger partial charge in [-0.05, 0) is 45.5 Å². The fourth-order valence-electron chi connectivity index (χ4n) is 3.17. The van der Waals surface area contributed by atoms with E-state index in [-0.39, 0.29) is 5.54 Å². The van der Waals surface area contributed by atoms with Crippen LogP contribution in [0.15, 0.2) is 18.3 Å². The molecule has 0 saturated heterocycles. The Bertz CT molecular complexity index is 595. The van der Waals surface area contributed by atoms with Gasteiger partial charge in [-0.2, -0.15) is 4.98 Å². The minimum absolute atomic E-state index is 0.256. The van der Waals surface area contributed by atoms with Crippen LogP contribution in [0, 0.1) is 6.92 Å². The number of aromatic nitrogens is 3. The van der Waals surface area contributed by atoms with Crippen LogP contribution in [0.4, 0.5) is 5.95 Å². The van der Waals surface area contributed by atoms with Gasteiger partial charge in [0.2, 0.25) is 5.95 Å². The van der Waals surface area contributed by atoms with Crippen molar-refractivity contribution in [2.24, 2.45) is 0 Å². The van der Waals surface area contributed by atoms with Crippen molar-refractivity contribution in [2.45, 2.75) is 38.1 Å². The molecule has 5 nitrogen and oxygen atoms in total. The van der Waals surface area contributed by atoms with Gasteiger partial charge in [0, 0.05) is 18.3 Å². The van der Waals surface area contributed by atoms with Gasteiger partial charge in [0.15, 0.2) is 5.65 Å². The Labute approximate surface area is 120 Å². The Kier molecular flexibility index (Phi) is 3.38. The van der Waals surface area contributed by atoms with Crippen LogP contribution in [0.5, 0.6) is 0 Å². The predicted molar refractivity (Wildman–Crippen MR) is 81.1 cm³/mol. The Morgan fingerprint density at radius 2 is 2.10 bits per heavy atom. The van der Waals surface area contributed by atoms with Crippen LogP contribution in [0.3, 0.4) is 0 Å². The second kappa shape index (κ2) is 5.05. The first-order chi connectivity index (χ1) is 9.61. The second-order valence-corrected chi connectivity index (χ2v) is 6.07. The summed E-state index contributed by atoms with van der Waals surface area (Å²) in [6.07, 6.45) is 7.08. The number of pyridine rings is 1. The highest BCUT2D eigenvalue weighted by Crippen LogP contribution is 2.33. The molecule has 0 atom stereocenters. The maximum atomic E-state index is 4.59. The molecule has 20 heavy (non-hydrogen) atoms. The molecule has 0 aliphatic heterocycles. The van der Waals surface area contributed by atoms with Crippen LogP contribution < -0.4 is 5.32 Å². The number of rotatable bonds is 4. The van der Waals surface area contributed by atoms with E-state index in [1.54, 1.807) is 0 Å². The van der Waals surface area contributed by atoms with Crippen LogP contribution in [-0.2, 0) is 0 Å². The molecule has 0 spiro atoms. The number of likely N-dealkylation sites (N-methyl/N-ethyl adjacent to an activating group) is 1. The van der Waals surface area contributed by atoms with E-state index < -0.39 is 0 Å². The van der Waals surface area contributed by atoms with Gasteiger partial charge in [-0.15, -0.1) is 5.10 Å². The molecule has 1 aliphatic rings. The SMILES string of the molecule is Cc1cccn2nc(NCC3(N(C)C)CCCC3)nc12. The van der Waals surface area contributed by atoms with Crippen molar-refractivity contribution < 1.29 is 0 Å². The zero-order chi connectivity index (χ0) is 14.2. The second-order valence-electron chi connectivity index (χ2n) is 6.07. The maximum Gasteiger partial charge on any atom is 0.243 e. The van der Waals surface area contributed by atoms with Crippen molar-refractivity contribution in [3.63, 3.8) is 0 Å². The highest BCUT2D eigenvalue weighted by molar-refractivity contribution is 5.49. The molecule has 1 aliphatic carbocycles. The molecule has 5 heteroatoms. The molecule has 108 valence electrons. The van der Waals surface area contributed by atoms with Crippen LogP contribution >= 0.6 is 0 Å². The minimum atomic E-state index is 0.256. The molecule has 0 radical (unpaired) electrons. The summed E-state index contributed by atoms with van der Waals surface area (Å²) in [4.78, 5) is 6.94. The summed E-state index contributed by atoms with van der Waals surface area (Å²) in [5.74, 6) is 0.729. The van der Waals surface area contributed by atoms with Crippen molar-refractivity contribution >= 4 is 11.6 Å². The highest BCUT2D eigenvalue weighted by atomic mass is 15.4. The van der Waals surface area contributed by atoms with Crippen molar-refractivity contribution in [3.05, 3.63) is 23.9 Å². The van der Waals surface area contributed by atoms with Gasteiger partial charge in [0.05, 0.1) is 0 Å². The number of hydrogen-bond donors (Lipinski definition) is 1. The summed E-state index contributed by atoms with van der Waals surface area (Å²) in [5, 5.41) is 7.94. The quantitative estimate of drug-likeness (QED) is 0.928. The lowest BCUT2D eigenvalue weighted by molar-refractivity contribution is 0.172. The van der Waals surface area contributed by atoms with E-state index in [2.05, 4.69) is 47.4 Å². The fraction of sp³-hybridized carbons (Fsp3) is 0.600. The number of anilines is 1. The number of nitrogens with one attached hydrogen (secondary N) is 1. The first-order valence-electron chi connectivity index (χ1n) is 7.34. The van der Waals surface area contributed by atoms with Gasteiger partial charge >= 0.3 is 0 Å². The third kappa shape index (κ3) is 2.26. The topological polar surface area (TPSA) is 45.5 Å². The van der Waals surface area contributed by atoms with Gasteiger partial charge in [-0.1, -0.05) is 18.9 Å². The molecule has 2 aromatic heterocycles. The normalized spacial score (nSPS) is 18.0. The Balaban J connectivity index is 1.78. The molecule has 0 bridgehead atoms. The summed E-state index contributed by atoms with van der Waals surface area (Å²) in [5.41, 5.74) is 2.34. The molecule has 1 N–H and O–H groups in total. The fourth-order valence-corrected chi connectivity index (χ4v) is 3.17. The monoisotopic (exact) mass is 273 g/mol. The molecule has 1 fully saturated rings. The highest BCUT2D eigenvalue weighted by Gasteiger charge is 2.35. The first-order valence-corrected chi connectivity index (χ1v) is 7.34.